The molecule has 0 bridgehead atoms. The number of carbonyl (C=O) groups excluding carboxylic acids is 1. The lowest BCUT2D eigenvalue weighted by Gasteiger charge is -2.07. The smallest absolute Gasteiger partial charge is 0.228 e. The zero-order chi connectivity index (χ0) is 14.7. The molecule has 20 heavy (non-hydrogen) atoms. The maximum atomic E-state index is 11.9. The van der Waals surface area contributed by atoms with E-state index in [1.165, 1.54) is 0 Å². The third kappa shape index (κ3) is 3.88. The minimum atomic E-state index is -0.148. The van der Waals surface area contributed by atoms with Crippen molar-refractivity contribution < 1.29 is 4.79 Å². The van der Waals surface area contributed by atoms with E-state index in [0.29, 0.717) is 21.4 Å². The molecule has 2 aromatic rings. The van der Waals surface area contributed by atoms with E-state index in [1.807, 2.05) is 0 Å². The average molecular weight is 374 g/mol. The number of rotatable bonds is 3. The molecule has 0 heterocycles. The normalized spacial score (nSPS) is 10.3. The number of hydrogen-bond donors (Lipinski definition) is 2. The summed E-state index contributed by atoms with van der Waals surface area (Å²) in [5.74, 6) is -0.148. The molecule has 0 atom stereocenters. The first-order valence-corrected chi connectivity index (χ1v) is 7.29. The van der Waals surface area contributed by atoms with E-state index in [-0.39, 0.29) is 12.3 Å². The number of nitrogens with one attached hydrogen (secondary N) is 1. The second kappa shape index (κ2) is 6.48. The zero-order valence-electron chi connectivity index (χ0n) is 10.3. The summed E-state index contributed by atoms with van der Waals surface area (Å²) in [6, 6.07) is 10.4. The summed E-state index contributed by atoms with van der Waals surface area (Å²) in [4.78, 5) is 11.9. The Morgan fingerprint density at radius 1 is 1.15 bits per heavy atom. The molecule has 0 aliphatic rings. The molecule has 0 spiro atoms. The molecule has 0 unspecified atom stereocenters. The van der Waals surface area contributed by atoms with Crippen LogP contribution < -0.4 is 11.1 Å². The number of anilines is 2. The molecule has 3 N–H and O–H groups in total. The van der Waals surface area contributed by atoms with Crippen molar-refractivity contribution in [3.05, 3.63) is 56.5 Å². The number of nitrogen functional groups attached to an aromatic ring is 1. The molecule has 0 saturated carbocycles. The summed E-state index contributed by atoms with van der Waals surface area (Å²) in [7, 11) is 0. The fraction of sp³-hybridized carbons (Fsp3) is 0.0714. The van der Waals surface area contributed by atoms with Crippen molar-refractivity contribution in [3.63, 3.8) is 0 Å². The van der Waals surface area contributed by atoms with Crippen LogP contribution >= 0.6 is 39.1 Å². The monoisotopic (exact) mass is 372 g/mol. The highest BCUT2D eigenvalue weighted by molar-refractivity contribution is 9.10. The van der Waals surface area contributed by atoms with Crippen LogP contribution in [0.2, 0.25) is 10.0 Å². The van der Waals surface area contributed by atoms with E-state index in [2.05, 4.69) is 21.2 Å². The molecule has 2 rings (SSSR count). The van der Waals surface area contributed by atoms with Crippen LogP contribution in [0.5, 0.6) is 0 Å². The van der Waals surface area contributed by atoms with Gasteiger partial charge >= 0.3 is 0 Å². The number of hydrogen-bond acceptors (Lipinski definition) is 2. The lowest BCUT2D eigenvalue weighted by molar-refractivity contribution is -0.115. The molecule has 104 valence electrons. The number of nitrogens with two attached hydrogens (primary N) is 1. The molecule has 1 amide bonds. The van der Waals surface area contributed by atoms with Gasteiger partial charge in [0.2, 0.25) is 5.91 Å². The number of benzene rings is 2. The molecule has 2 aromatic carbocycles. The number of carbonyl (C=O) groups is 1. The van der Waals surface area contributed by atoms with Gasteiger partial charge in [0.1, 0.15) is 0 Å². The molecule has 0 radical (unpaired) electrons. The van der Waals surface area contributed by atoms with Crippen LogP contribution in [-0.2, 0) is 11.2 Å². The first-order valence-electron chi connectivity index (χ1n) is 5.74. The van der Waals surface area contributed by atoms with Crippen LogP contribution in [0.25, 0.3) is 0 Å². The third-order valence-electron chi connectivity index (χ3n) is 2.63. The number of halogens is 3. The van der Waals surface area contributed by atoms with Crippen LogP contribution in [0, 0.1) is 0 Å². The quantitative estimate of drug-likeness (QED) is 0.777. The van der Waals surface area contributed by atoms with Crippen molar-refractivity contribution in [1.82, 2.24) is 0 Å². The Hall–Kier alpha value is -1.23. The van der Waals surface area contributed by atoms with Gasteiger partial charge < -0.3 is 11.1 Å². The molecular formula is C14H11BrCl2N2O. The van der Waals surface area contributed by atoms with Crippen molar-refractivity contribution in [2.24, 2.45) is 0 Å². The zero-order valence-corrected chi connectivity index (χ0v) is 13.4. The van der Waals surface area contributed by atoms with Crippen LogP contribution in [0.15, 0.2) is 40.9 Å². The summed E-state index contributed by atoms with van der Waals surface area (Å²) in [5, 5.41) is 3.68. The lowest BCUT2D eigenvalue weighted by atomic mass is 10.1. The Kier molecular flexibility index (Phi) is 4.91. The van der Waals surface area contributed by atoms with Gasteiger partial charge in [0.25, 0.3) is 0 Å². The SMILES string of the molecule is Nc1cc(NC(=O)Cc2ccc(Cl)c(Cl)c2)ccc1Br. The van der Waals surface area contributed by atoms with Crippen molar-refractivity contribution in [2.75, 3.05) is 11.1 Å². The molecule has 0 fully saturated rings. The van der Waals surface area contributed by atoms with E-state index in [4.69, 9.17) is 28.9 Å². The van der Waals surface area contributed by atoms with Gasteiger partial charge in [0.05, 0.1) is 16.5 Å². The van der Waals surface area contributed by atoms with E-state index in [9.17, 15) is 4.79 Å². The van der Waals surface area contributed by atoms with Crippen molar-refractivity contribution >= 4 is 56.4 Å². The van der Waals surface area contributed by atoms with Crippen LogP contribution in [0.3, 0.4) is 0 Å². The van der Waals surface area contributed by atoms with Gasteiger partial charge in [-0.15, -0.1) is 0 Å². The van der Waals surface area contributed by atoms with Gasteiger partial charge in [-0.3, -0.25) is 4.79 Å². The minimum absolute atomic E-state index is 0.148. The third-order valence-corrected chi connectivity index (χ3v) is 4.09. The van der Waals surface area contributed by atoms with Crippen LogP contribution in [0.4, 0.5) is 11.4 Å². The summed E-state index contributed by atoms with van der Waals surface area (Å²) in [6.07, 6.45) is 0.215. The predicted molar refractivity (Wildman–Crippen MR) is 87.4 cm³/mol. The fourth-order valence-electron chi connectivity index (χ4n) is 1.66. The fourth-order valence-corrected chi connectivity index (χ4v) is 2.23. The Morgan fingerprint density at radius 3 is 2.55 bits per heavy atom. The average Bonchev–Trinajstić information content (AvgIpc) is 2.38. The summed E-state index contributed by atoms with van der Waals surface area (Å²) in [5.41, 5.74) is 7.76. The maximum Gasteiger partial charge on any atom is 0.228 e. The molecule has 0 aromatic heterocycles. The van der Waals surface area contributed by atoms with E-state index < -0.39 is 0 Å². The van der Waals surface area contributed by atoms with E-state index >= 15 is 0 Å². The highest BCUT2D eigenvalue weighted by atomic mass is 79.9. The van der Waals surface area contributed by atoms with E-state index in [0.717, 1.165) is 10.0 Å². The van der Waals surface area contributed by atoms with Gasteiger partial charge in [-0.2, -0.15) is 0 Å². The van der Waals surface area contributed by atoms with Crippen molar-refractivity contribution in [2.45, 2.75) is 6.42 Å². The lowest BCUT2D eigenvalue weighted by Crippen LogP contribution is -2.14. The second-order valence-corrected chi connectivity index (χ2v) is 5.88. The maximum absolute atomic E-state index is 11.9. The highest BCUT2D eigenvalue weighted by Gasteiger charge is 2.07. The first-order chi connectivity index (χ1) is 9.45. The summed E-state index contributed by atoms with van der Waals surface area (Å²) in [6.45, 7) is 0. The largest absolute Gasteiger partial charge is 0.398 e. The standard InChI is InChI=1S/C14H11BrCl2N2O/c15-10-3-2-9(7-13(10)18)19-14(20)6-8-1-4-11(16)12(17)5-8/h1-5,7H,6,18H2,(H,19,20). The molecule has 0 aliphatic heterocycles. The molecular weight excluding hydrogens is 363 g/mol. The number of amides is 1. The van der Waals surface area contributed by atoms with Gasteiger partial charge in [0.15, 0.2) is 0 Å². The Balaban J connectivity index is 2.04. The molecule has 0 saturated heterocycles. The Morgan fingerprint density at radius 2 is 1.90 bits per heavy atom. The second-order valence-electron chi connectivity index (χ2n) is 4.21. The van der Waals surface area contributed by atoms with Gasteiger partial charge in [-0.05, 0) is 51.8 Å². The van der Waals surface area contributed by atoms with E-state index in [1.54, 1.807) is 36.4 Å². The highest BCUT2D eigenvalue weighted by Crippen LogP contribution is 2.24. The van der Waals surface area contributed by atoms with Gasteiger partial charge in [-0.25, -0.2) is 0 Å². The van der Waals surface area contributed by atoms with Crippen LogP contribution in [0.1, 0.15) is 5.56 Å². The minimum Gasteiger partial charge on any atom is -0.398 e. The molecule has 6 heteroatoms. The summed E-state index contributed by atoms with van der Waals surface area (Å²) >= 11 is 15.0. The molecule has 3 nitrogen and oxygen atoms in total. The summed E-state index contributed by atoms with van der Waals surface area (Å²) < 4.78 is 0.792. The van der Waals surface area contributed by atoms with Gasteiger partial charge in [0, 0.05) is 15.8 Å². The Labute approximate surface area is 135 Å². The van der Waals surface area contributed by atoms with Gasteiger partial charge in [-0.1, -0.05) is 29.3 Å². The topological polar surface area (TPSA) is 55.1 Å². The molecule has 0 aliphatic carbocycles. The van der Waals surface area contributed by atoms with Crippen molar-refractivity contribution in [1.29, 1.82) is 0 Å². The van der Waals surface area contributed by atoms with Crippen LogP contribution in [-0.4, -0.2) is 5.91 Å². The van der Waals surface area contributed by atoms with Crippen molar-refractivity contribution in [3.8, 4) is 0 Å². The Bertz CT molecular complexity index is 606. The predicted octanol–water partition coefficient (Wildman–Crippen LogP) is 4.52. The first kappa shape index (κ1) is 15.2.